The van der Waals surface area contributed by atoms with E-state index in [1.165, 1.54) is 0 Å². The van der Waals surface area contributed by atoms with E-state index in [1.54, 1.807) is 0 Å². The first-order valence-corrected chi connectivity index (χ1v) is 4.81. The summed E-state index contributed by atoms with van der Waals surface area (Å²) in [6.45, 7) is -0.319. The molecule has 0 fully saturated rings. The van der Waals surface area contributed by atoms with E-state index in [4.69, 9.17) is 16.7 Å². The van der Waals surface area contributed by atoms with E-state index in [9.17, 15) is 17.6 Å². The summed E-state index contributed by atoms with van der Waals surface area (Å²) in [4.78, 5) is 0. The van der Waals surface area contributed by atoms with Gasteiger partial charge in [-0.05, 0) is 0 Å². The second-order valence-corrected chi connectivity index (χ2v) is 3.34. The van der Waals surface area contributed by atoms with Crippen molar-refractivity contribution in [2.75, 3.05) is 17.7 Å². The zero-order valence-electron chi connectivity index (χ0n) is 7.91. The van der Waals surface area contributed by atoms with Crippen LogP contribution in [0.4, 0.5) is 23.2 Å². The minimum atomic E-state index is -1.54. The van der Waals surface area contributed by atoms with Gasteiger partial charge < -0.3 is 10.4 Å². The van der Waals surface area contributed by atoms with Crippen LogP contribution in [0.5, 0.6) is 0 Å². The van der Waals surface area contributed by atoms with Crippen molar-refractivity contribution in [3.05, 3.63) is 29.3 Å². The van der Waals surface area contributed by atoms with Crippen LogP contribution in [0.25, 0.3) is 0 Å². The average molecular weight is 258 g/mol. The second kappa shape index (κ2) is 5.36. The lowest BCUT2D eigenvalue weighted by atomic mass is 10.2. The minimum absolute atomic E-state index is 0.105. The Balaban J connectivity index is 2.94. The van der Waals surface area contributed by atoms with Gasteiger partial charge >= 0.3 is 0 Å². The highest BCUT2D eigenvalue weighted by Crippen LogP contribution is 2.23. The van der Waals surface area contributed by atoms with Crippen LogP contribution in [0.3, 0.4) is 0 Å². The Labute approximate surface area is 93.8 Å². The molecule has 0 aromatic heterocycles. The van der Waals surface area contributed by atoms with Crippen LogP contribution in [-0.4, -0.2) is 23.6 Å². The molecule has 0 saturated carbocycles. The molecule has 1 unspecified atom stereocenters. The molecule has 0 aliphatic rings. The molecule has 0 bridgehead atoms. The summed E-state index contributed by atoms with van der Waals surface area (Å²) in [6, 6.07) is 0.105. The number of rotatable bonds is 4. The van der Waals surface area contributed by atoms with Gasteiger partial charge in [0.1, 0.15) is 5.69 Å². The summed E-state index contributed by atoms with van der Waals surface area (Å²) >= 11 is 5.23. The minimum Gasteiger partial charge on any atom is -0.390 e. The third-order valence-electron chi connectivity index (χ3n) is 1.80. The van der Waals surface area contributed by atoms with Crippen molar-refractivity contribution in [1.82, 2.24) is 0 Å². The lowest BCUT2D eigenvalue weighted by Gasteiger charge is -2.12. The molecule has 0 spiro atoms. The van der Waals surface area contributed by atoms with Gasteiger partial charge in [0.05, 0.1) is 12.0 Å². The van der Waals surface area contributed by atoms with Crippen molar-refractivity contribution < 1.29 is 22.7 Å². The van der Waals surface area contributed by atoms with Crippen LogP contribution < -0.4 is 5.32 Å². The maximum Gasteiger partial charge on any atom is 0.185 e. The molecule has 16 heavy (non-hydrogen) atoms. The third kappa shape index (κ3) is 2.76. The lowest BCUT2D eigenvalue weighted by molar-refractivity contribution is 0.211. The smallest absolute Gasteiger partial charge is 0.185 e. The second-order valence-electron chi connectivity index (χ2n) is 3.03. The molecule has 0 saturated heterocycles. The van der Waals surface area contributed by atoms with E-state index < -0.39 is 35.1 Å². The van der Waals surface area contributed by atoms with Crippen LogP contribution >= 0.6 is 11.6 Å². The van der Waals surface area contributed by atoms with Crippen molar-refractivity contribution in [3.63, 3.8) is 0 Å². The van der Waals surface area contributed by atoms with Gasteiger partial charge in [0, 0.05) is 12.6 Å². The summed E-state index contributed by atoms with van der Waals surface area (Å²) in [5, 5.41) is 11.1. The van der Waals surface area contributed by atoms with Crippen molar-refractivity contribution in [2.24, 2.45) is 0 Å². The molecule has 1 aromatic carbocycles. The van der Waals surface area contributed by atoms with E-state index in [0.717, 1.165) is 0 Å². The number of nitrogens with one attached hydrogen (secondary N) is 1. The first-order valence-electron chi connectivity index (χ1n) is 4.28. The summed E-state index contributed by atoms with van der Waals surface area (Å²) < 4.78 is 51.5. The van der Waals surface area contributed by atoms with Gasteiger partial charge in [0.15, 0.2) is 23.3 Å². The van der Waals surface area contributed by atoms with Gasteiger partial charge in [-0.2, -0.15) is 0 Å². The van der Waals surface area contributed by atoms with E-state index >= 15 is 0 Å². The van der Waals surface area contributed by atoms with Crippen molar-refractivity contribution in [2.45, 2.75) is 6.10 Å². The molecule has 0 aliphatic carbocycles. The molecule has 1 aromatic rings. The summed E-state index contributed by atoms with van der Waals surface area (Å²) in [6.07, 6.45) is -1.08. The maximum absolute atomic E-state index is 13.0. The molecule has 0 heterocycles. The topological polar surface area (TPSA) is 32.3 Å². The predicted octanol–water partition coefficient (Wildman–Crippen LogP) is 2.25. The largest absolute Gasteiger partial charge is 0.390 e. The number of hydrogen-bond acceptors (Lipinski definition) is 2. The first-order chi connectivity index (χ1) is 7.47. The Morgan fingerprint density at radius 2 is 1.69 bits per heavy atom. The van der Waals surface area contributed by atoms with E-state index in [2.05, 4.69) is 0 Å². The zero-order valence-corrected chi connectivity index (χ0v) is 8.66. The molecule has 2 nitrogen and oxygen atoms in total. The van der Waals surface area contributed by atoms with Gasteiger partial charge in [-0.25, -0.2) is 17.6 Å². The Kier molecular flexibility index (Phi) is 4.37. The van der Waals surface area contributed by atoms with E-state index in [-0.39, 0.29) is 18.5 Å². The highest BCUT2D eigenvalue weighted by molar-refractivity contribution is 6.18. The molecule has 0 radical (unpaired) electrons. The van der Waals surface area contributed by atoms with Crippen molar-refractivity contribution >= 4 is 17.3 Å². The monoisotopic (exact) mass is 257 g/mol. The number of aliphatic hydroxyl groups is 1. The van der Waals surface area contributed by atoms with Gasteiger partial charge in [0.25, 0.3) is 0 Å². The molecule has 7 heteroatoms. The SMILES string of the molecule is OC(CCl)CNc1c(F)c(F)cc(F)c1F. The molecule has 90 valence electrons. The fraction of sp³-hybridized carbons (Fsp3) is 0.333. The molecule has 1 atom stereocenters. The standard InChI is InChI=1S/C9H8ClF4NO/c10-2-4(16)3-15-9-7(13)5(11)1-6(12)8(9)14/h1,4,15-16H,2-3H2. The Morgan fingerprint density at radius 1 is 1.19 bits per heavy atom. The fourth-order valence-electron chi connectivity index (χ4n) is 1.00. The van der Waals surface area contributed by atoms with Crippen molar-refractivity contribution in [3.8, 4) is 0 Å². The number of alkyl halides is 1. The summed E-state index contributed by atoms with van der Waals surface area (Å²) in [5.74, 6) is -6.28. The van der Waals surface area contributed by atoms with Crippen LogP contribution in [-0.2, 0) is 0 Å². The van der Waals surface area contributed by atoms with Gasteiger partial charge in [0.2, 0.25) is 0 Å². The molecule has 0 amide bonds. The number of halogens is 5. The van der Waals surface area contributed by atoms with Crippen LogP contribution in [0, 0.1) is 23.3 Å². The highest BCUT2D eigenvalue weighted by Gasteiger charge is 2.19. The molecular formula is C9H8ClF4NO. The third-order valence-corrected chi connectivity index (χ3v) is 2.16. The normalized spacial score (nSPS) is 12.6. The Bertz CT molecular complexity index is 362. The summed E-state index contributed by atoms with van der Waals surface area (Å²) in [7, 11) is 0. The van der Waals surface area contributed by atoms with Gasteiger partial charge in [-0.15, -0.1) is 11.6 Å². The molecule has 2 N–H and O–H groups in total. The van der Waals surface area contributed by atoms with Crippen LogP contribution in [0.2, 0.25) is 0 Å². The Hall–Kier alpha value is -1.01. The highest BCUT2D eigenvalue weighted by atomic mass is 35.5. The van der Waals surface area contributed by atoms with Gasteiger partial charge in [-0.3, -0.25) is 0 Å². The van der Waals surface area contributed by atoms with Gasteiger partial charge in [-0.1, -0.05) is 0 Å². The molecule has 1 rings (SSSR count). The van der Waals surface area contributed by atoms with Crippen LogP contribution in [0.1, 0.15) is 0 Å². The Morgan fingerprint density at radius 3 is 2.12 bits per heavy atom. The van der Waals surface area contributed by atoms with E-state index in [1.807, 2.05) is 5.32 Å². The van der Waals surface area contributed by atoms with Crippen LogP contribution in [0.15, 0.2) is 6.07 Å². The number of aliphatic hydroxyl groups excluding tert-OH is 1. The number of benzene rings is 1. The average Bonchev–Trinajstić information content (AvgIpc) is 2.26. The van der Waals surface area contributed by atoms with E-state index in [0.29, 0.717) is 0 Å². The molecular weight excluding hydrogens is 250 g/mol. The summed E-state index contributed by atoms with van der Waals surface area (Å²) in [5.41, 5.74) is -0.957. The predicted molar refractivity (Wildman–Crippen MR) is 51.5 cm³/mol. The molecule has 0 aliphatic heterocycles. The quantitative estimate of drug-likeness (QED) is 0.493. The number of hydrogen-bond donors (Lipinski definition) is 2. The maximum atomic E-state index is 13.0. The fourth-order valence-corrected chi connectivity index (χ4v) is 1.11. The lowest BCUT2D eigenvalue weighted by Crippen LogP contribution is -2.22. The zero-order chi connectivity index (χ0) is 12.3. The number of anilines is 1. The van der Waals surface area contributed by atoms with Crippen molar-refractivity contribution in [1.29, 1.82) is 0 Å². The first kappa shape index (κ1) is 13.1.